The Labute approximate surface area is 145 Å². The van der Waals surface area contributed by atoms with Crippen LogP contribution in [0.4, 0.5) is 0 Å². The van der Waals surface area contributed by atoms with Gasteiger partial charge in [0.15, 0.2) is 0 Å². The van der Waals surface area contributed by atoms with Gasteiger partial charge in [-0.1, -0.05) is 0 Å². The minimum absolute atomic E-state index is 0.0330. The number of rotatable bonds is 2. The monoisotopic (exact) mass is 343 g/mol. The molecule has 4 heterocycles. The Kier molecular flexibility index (Phi) is 4.27. The Bertz CT molecular complexity index is 754. The number of imidazole rings is 1. The lowest BCUT2D eigenvalue weighted by Gasteiger charge is -2.28. The quantitative estimate of drug-likeness (QED) is 0.831. The highest BCUT2D eigenvalue weighted by Gasteiger charge is 2.33. The van der Waals surface area contributed by atoms with Crippen molar-refractivity contribution in [3.05, 3.63) is 41.9 Å². The van der Waals surface area contributed by atoms with Crippen molar-refractivity contribution in [3.63, 3.8) is 0 Å². The second-order valence-corrected chi connectivity index (χ2v) is 6.39. The second kappa shape index (κ2) is 6.72. The van der Waals surface area contributed by atoms with Gasteiger partial charge >= 0.3 is 0 Å². The number of carbonyl (C=O) groups excluding carboxylic acids is 2. The Hall–Kier alpha value is -2.61. The molecule has 2 aliphatic heterocycles. The van der Waals surface area contributed by atoms with Gasteiger partial charge in [0.25, 0.3) is 5.91 Å². The summed E-state index contributed by atoms with van der Waals surface area (Å²) in [7, 11) is 0. The predicted octanol–water partition coefficient (Wildman–Crippen LogP) is 0.564. The minimum atomic E-state index is -0.397. The van der Waals surface area contributed by atoms with Gasteiger partial charge in [-0.05, 0) is 12.5 Å². The number of H-pyrrole nitrogens is 1. The first-order valence-corrected chi connectivity index (χ1v) is 8.60. The summed E-state index contributed by atoms with van der Waals surface area (Å²) < 4.78 is 4.99. The zero-order valence-corrected chi connectivity index (χ0v) is 13.9. The largest absolute Gasteiger partial charge is 0.472 e. The van der Waals surface area contributed by atoms with Crippen LogP contribution >= 0.6 is 0 Å². The number of furan rings is 1. The Morgan fingerprint density at radius 1 is 1.20 bits per heavy atom. The van der Waals surface area contributed by atoms with Crippen LogP contribution in [0.1, 0.15) is 34.2 Å². The van der Waals surface area contributed by atoms with Crippen molar-refractivity contribution in [3.8, 4) is 0 Å². The maximum absolute atomic E-state index is 13.0. The summed E-state index contributed by atoms with van der Waals surface area (Å²) in [6, 6.07) is 1.27. The molecule has 2 aromatic heterocycles. The highest BCUT2D eigenvalue weighted by molar-refractivity contribution is 5.94. The molecule has 8 nitrogen and oxygen atoms in total. The van der Waals surface area contributed by atoms with Crippen LogP contribution in [0.25, 0.3) is 0 Å². The number of aromatic nitrogens is 2. The van der Waals surface area contributed by atoms with Crippen molar-refractivity contribution in [2.24, 2.45) is 0 Å². The van der Waals surface area contributed by atoms with E-state index >= 15 is 0 Å². The number of carbonyl (C=O) groups is 2. The van der Waals surface area contributed by atoms with E-state index in [0.717, 1.165) is 30.8 Å². The van der Waals surface area contributed by atoms with Gasteiger partial charge in [0, 0.05) is 44.8 Å². The minimum Gasteiger partial charge on any atom is -0.472 e. The molecule has 0 spiro atoms. The second-order valence-electron chi connectivity index (χ2n) is 6.39. The fourth-order valence-corrected chi connectivity index (χ4v) is 3.52. The number of nitrogens with zero attached hydrogens (tertiary/aromatic N) is 3. The molecule has 0 aliphatic carbocycles. The molecule has 8 heteroatoms. The Morgan fingerprint density at radius 2 is 2.04 bits per heavy atom. The van der Waals surface area contributed by atoms with Crippen molar-refractivity contribution in [2.75, 3.05) is 32.7 Å². The lowest BCUT2D eigenvalue weighted by Crippen LogP contribution is -2.45. The van der Waals surface area contributed by atoms with E-state index < -0.39 is 6.04 Å². The molecule has 0 radical (unpaired) electrons. The van der Waals surface area contributed by atoms with E-state index in [4.69, 9.17) is 4.42 Å². The highest BCUT2D eigenvalue weighted by Crippen LogP contribution is 2.22. The molecule has 2 aromatic rings. The summed E-state index contributed by atoms with van der Waals surface area (Å²) in [5, 5.41) is 3.27. The van der Waals surface area contributed by atoms with E-state index in [0.29, 0.717) is 31.7 Å². The molecular formula is C17H21N5O3. The lowest BCUT2D eigenvalue weighted by molar-refractivity contribution is -0.133. The molecular weight excluding hydrogens is 322 g/mol. The Balaban J connectivity index is 1.43. The summed E-state index contributed by atoms with van der Waals surface area (Å²) in [5.74, 6) is -0.0147. The van der Waals surface area contributed by atoms with E-state index in [1.54, 1.807) is 17.3 Å². The van der Waals surface area contributed by atoms with Crippen molar-refractivity contribution < 1.29 is 14.0 Å². The van der Waals surface area contributed by atoms with Gasteiger partial charge in [0.2, 0.25) is 5.91 Å². The van der Waals surface area contributed by atoms with Crippen LogP contribution in [0.2, 0.25) is 0 Å². The van der Waals surface area contributed by atoms with Crippen LogP contribution in [0.15, 0.2) is 29.3 Å². The smallest absolute Gasteiger partial charge is 0.257 e. The summed E-state index contributed by atoms with van der Waals surface area (Å²) in [6.07, 6.45) is 6.21. The first-order chi connectivity index (χ1) is 12.2. The third-order valence-corrected chi connectivity index (χ3v) is 4.86. The van der Waals surface area contributed by atoms with Crippen molar-refractivity contribution >= 4 is 11.8 Å². The van der Waals surface area contributed by atoms with Gasteiger partial charge in [0.1, 0.15) is 12.3 Å². The number of hydrogen-bond acceptors (Lipinski definition) is 5. The van der Waals surface area contributed by atoms with Crippen molar-refractivity contribution in [1.82, 2.24) is 25.1 Å². The van der Waals surface area contributed by atoms with E-state index in [2.05, 4.69) is 15.3 Å². The molecule has 0 bridgehead atoms. The number of amides is 2. The third-order valence-electron chi connectivity index (χ3n) is 4.86. The van der Waals surface area contributed by atoms with Gasteiger partial charge in [0.05, 0.1) is 23.8 Å². The van der Waals surface area contributed by atoms with E-state index in [1.165, 1.54) is 12.5 Å². The molecule has 2 amide bonds. The van der Waals surface area contributed by atoms with Crippen LogP contribution in [0.5, 0.6) is 0 Å². The average Bonchev–Trinajstić information content (AvgIpc) is 3.27. The summed E-state index contributed by atoms with van der Waals surface area (Å²) in [6.45, 7) is 3.09. The molecule has 1 atom stereocenters. The molecule has 2 N–H and O–H groups in total. The summed E-state index contributed by atoms with van der Waals surface area (Å²) >= 11 is 0. The molecule has 1 fully saturated rings. The molecule has 0 saturated carbocycles. The van der Waals surface area contributed by atoms with Crippen LogP contribution in [-0.2, 0) is 11.2 Å². The fraction of sp³-hybridized carbons (Fsp3) is 0.471. The summed E-state index contributed by atoms with van der Waals surface area (Å²) in [5.41, 5.74) is 2.38. The van der Waals surface area contributed by atoms with Crippen LogP contribution in [0, 0.1) is 0 Å². The molecule has 25 heavy (non-hydrogen) atoms. The van der Waals surface area contributed by atoms with Gasteiger partial charge in [-0.15, -0.1) is 0 Å². The molecule has 1 unspecified atom stereocenters. The van der Waals surface area contributed by atoms with Crippen LogP contribution < -0.4 is 5.32 Å². The standard InChI is InChI=1S/C17H21N5O3/c23-16(12-3-9-25-10-12)21-5-1-6-22(8-7-21)17(24)15-14-13(2-4-18-15)19-11-20-14/h3,9-11,15,18H,1-2,4-8H2,(H,19,20). The van der Waals surface area contributed by atoms with Gasteiger partial charge < -0.3 is 24.5 Å². The molecule has 2 aliphatic rings. The SMILES string of the molecule is O=C(c1ccoc1)N1CCCN(C(=O)C2NCCc3[nH]cnc32)CC1. The number of nitrogens with one attached hydrogen (secondary N) is 2. The maximum atomic E-state index is 13.0. The molecule has 132 valence electrons. The molecule has 0 aromatic carbocycles. The molecule has 4 rings (SSSR count). The van der Waals surface area contributed by atoms with Crippen molar-refractivity contribution in [2.45, 2.75) is 18.9 Å². The van der Waals surface area contributed by atoms with Gasteiger partial charge in [-0.25, -0.2) is 4.98 Å². The average molecular weight is 343 g/mol. The number of aromatic amines is 1. The lowest BCUT2D eigenvalue weighted by atomic mass is 10.0. The number of fused-ring (bicyclic) bond motifs is 1. The molecule has 1 saturated heterocycles. The van der Waals surface area contributed by atoms with E-state index in [-0.39, 0.29) is 11.8 Å². The maximum Gasteiger partial charge on any atom is 0.257 e. The van der Waals surface area contributed by atoms with Gasteiger partial charge in [-0.2, -0.15) is 0 Å². The zero-order chi connectivity index (χ0) is 17.2. The Morgan fingerprint density at radius 3 is 2.88 bits per heavy atom. The normalized spacial score (nSPS) is 20.9. The van der Waals surface area contributed by atoms with Gasteiger partial charge in [-0.3, -0.25) is 9.59 Å². The topological polar surface area (TPSA) is 94.5 Å². The van der Waals surface area contributed by atoms with Crippen molar-refractivity contribution in [1.29, 1.82) is 0 Å². The van der Waals surface area contributed by atoms with E-state index in [1.807, 2.05) is 4.90 Å². The fourth-order valence-electron chi connectivity index (χ4n) is 3.52. The number of hydrogen-bond donors (Lipinski definition) is 2. The first kappa shape index (κ1) is 15.9. The third kappa shape index (κ3) is 3.05. The first-order valence-electron chi connectivity index (χ1n) is 8.60. The van der Waals surface area contributed by atoms with Crippen LogP contribution in [-0.4, -0.2) is 64.3 Å². The summed E-state index contributed by atoms with van der Waals surface area (Å²) in [4.78, 5) is 36.5. The van der Waals surface area contributed by atoms with Crippen LogP contribution in [0.3, 0.4) is 0 Å². The highest BCUT2D eigenvalue weighted by atomic mass is 16.3. The zero-order valence-electron chi connectivity index (χ0n) is 13.9. The van der Waals surface area contributed by atoms with E-state index in [9.17, 15) is 9.59 Å². The predicted molar refractivity (Wildman–Crippen MR) is 88.8 cm³/mol.